The summed E-state index contributed by atoms with van der Waals surface area (Å²) < 4.78 is 0. The molecule has 6 nitrogen and oxygen atoms in total. The minimum Gasteiger partial charge on any atom is -0.481 e. The Morgan fingerprint density at radius 1 is 1.15 bits per heavy atom. The van der Waals surface area contributed by atoms with Crippen LogP contribution in [0.5, 0.6) is 0 Å². The van der Waals surface area contributed by atoms with E-state index < -0.39 is 23.2 Å². The van der Waals surface area contributed by atoms with Gasteiger partial charge < -0.3 is 15.7 Å². The van der Waals surface area contributed by atoms with E-state index in [1.54, 1.807) is 26.0 Å². The number of hydrogen-bond acceptors (Lipinski definition) is 3. The Labute approximate surface area is 157 Å². The van der Waals surface area contributed by atoms with Crippen LogP contribution in [0.25, 0.3) is 0 Å². The number of carboxylic acid groups (broad SMARTS) is 1. The van der Waals surface area contributed by atoms with Crippen LogP contribution in [0.2, 0.25) is 5.02 Å². The molecule has 0 aliphatic heterocycles. The van der Waals surface area contributed by atoms with E-state index >= 15 is 0 Å². The number of nitrogens with one attached hydrogen (secondary N) is 2. The van der Waals surface area contributed by atoms with Crippen molar-refractivity contribution in [3.63, 3.8) is 0 Å². The van der Waals surface area contributed by atoms with Crippen molar-refractivity contribution in [3.05, 3.63) is 28.8 Å². The fourth-order valence-electron chi connectivity index (χ4n) is 3.92. The molecule has 0 radical (unpaired) electrons. The molecule has 140 valence electrons. The number of anilines is 1. The second-order valence-corrected chi connectivity index (χ2v) is 8.16. The van der Waals surface area contributed by atoms with Gasteiger partial charge in [0.15, 0.2) is 0 Å². The predicted molar refractivity (Wildman–Crippen MR) is 98.2 cm³/mol. The Morgan fingerprint density at radius 3 is 2.38 bits per heavy atom. The molecule has 2 fully saturated rings. The quantitative estimate of drug-likeness (QED) is 0.732. The van der Waals surface area contributed by atoms with Gasteiger partial charge in [-0.05, 0) is 36.5 Å². The molecule has 3 N–H and O–H groups in total. The number of aliphatic carboxylic acids is 1. The van der Waals surface area contributed by atoms with Crippen LogP contribution in [0.3, 0.4) is 0 Å². The summed E-state index contributed by atoms with van der Waals surface area (Å²) in [5.41, 5.74) is 0.161. The molecule has 2 aliphatic carbocycles. The molecule has 0 saturated heterocycles. The molecule has 3 rings (SSSR count). The molecule has 26 heavy (non-hydrogen) atoms. The first-order valence-electron chi connectivity index (χ1n) is 8.86. The zero-order valence-electron chi connectivity index (χ0n) is 14.8. The van der Waals surface area contributed by atoms with E-state index in [-0.39, 0.29) is 17.9 Å². The largest absolute Gasteiger partial charge is 0.481 e. The molecule has 0 aromatic heterocycles. The zero-order chi connectivity index (χ0) is 19.1. The van der Waals surface area contributed by atoms with E-state index in [1.807, 2.05) is 0 Å². The highest BCUT2D eigenvalue weighted by Crippen LogP contribution is 2.58. The molecule has 0 heterocycles. The summed E-state index contributed by atoms with van der Waals surface area (Å²) in [6, 6.07) is 4.88. The lowest BCUT2D eigenvalue weighted by molar-refractivity contribution is -0.140. The molecule has 7 heteroatoms. The predicted octanol–water partition coefficient (Wildman–Crippen LogP) is 3.31. The van der Waals surface area contributed by atoms with Crippen molar-refractivity contribution in [1.82, 2.24) is 5.32 Å². The van der Waals surface area contributed by atoms with E-state index in [4.69, 9.17) is 11.6 Å². The maximum absolute atomic E-state index is 12.5. The van der Waals surface area contributed by atoms with Gasteiger partial charge in [-0.3, -0.25) is 14.4 Å². The number of carbonyl (C=O) groups excluding carboxylic acids is 2. The molecule has 2 aliphatic rings. The average molecular weight is 379 g/mol. The smallest absolute Gasteiger partial charge is 0.307 e. The normalized spacial score (nSPS) is 24.1. The van der Waals surface area contributed by atoms with Crippen LogP contribution in [0.4, 0.5) is 5.69 Å². The highest BCUT2D eigenvalue weighted by atomic mass is 35.5. The van der Waals surface area contributed by atoms with Crippen LogP contribution < -0.4 is 10.6 Å². The summed E-state index contributed by atoms with van der Waals surface area (Å²) >= 11 is 6.15. The SMILES string of the molecule is CC1(C)[C@H](C(=O)O)[C@H]1C(=O)Nc1ccc(Cl)c(C(=O)NC2CCCC2)c1. The summed E-state index contributed by atoms with van der Waals surface area (Å²) in [5.74, 6) is -2.87. The van der Waals surface area contributed by atoms with Crippen molar-refractivity contribution < 1.29 is 19.5 Å². The van der Waals surface area contributed by atoms with Crippen LogP contribution >= 0.6 is 11.6 Å². The number of hydrogen-bond donors (Lipinski definition) is 3. The minimum atomic E-state index is -0.970. The molecular formula is C19H23ClN2O4. The molecule has 2 saturated carbocycles. The Balaban J connectivity index is 1.70. The number of halogens is 1. The Kier molecular flexibility index (Phi) is 4.97. The van der Waals surface area contributed by atoms with Crippen LogP contribution in [-0.2, 0) is 9.59 Å². The lowest BCUT2D eigenvalue weighted by atomic mass is 10.1. The van der Waals surface area contributed by atoms with E-state index in [2.05, 4.69) is 10.6 Å². The van der Waals surface area contributed by atoms with Gasteiger partial charge >= 0.3 is 5.97 Å². The summed E-state index contributed by atoms with van der Waals surface area (Å²) in [7, 11) is 0. The molecule has 1 aromatic carbocycles. The number of amides is 2. The maximum atomic E-state index is 12.5. The molecular weight excluding hydrogens is 356 g/mol. The first-order chi connectivity index (χ1) is 12.2. The Bertz CT molecular complexity index is 756. The fourth-order valence-corrected chi connectivity index (χ4v) is 4.12. The van der Waals surface area contributed by atoms with Crippen molar-refractivity contribution in [2.45, 2.75) is 45.6 Å². The van der Waals surface area contributed by atoms with Crippen molar-refractivity contribution in [2.75, 3.05) is 5.32 Å². The molecule has 0 unspecified atom stereocenters. The second-order valence-electron chi connectivity index (χ2n) is 7.75. The summed E-state index contributed by atoms with van der Waals surface area (Å²) in [5, 5.41) is 15.2. The first kappa shape index (κ1) is 18.7. The molecule has 0 spiro atoms. The van der Waals surface area contributed by atoms with Crippen molar-refractivity contribution in [2.24, 2.45) is 17.3 Å². The zero-order valence-corrected chi connectivity index (χ0v) is 15.6. The standard InChI is InChI=1S/C19H23ClN2O4/c1-19(2)14(15(19)18(25)26)17(24)22-11-7-8-13(20)12(9-11)16(23)21-10-5-3-4-6-10/h7-10,14-15H,3-6H2,1-2H3,(H,21,23)(H,22,24)(H,25,26)/t14-,15-/m0/s1. The summed E-state index contributed by atoms with van der Waals surface area (Å²) in [6.45, 7) is 3.52. The third-order valence-corrected chi connectivity index (χ3v) is 5.87. The van der Waals surface area contributed by atoms with Crippen LogP contribution in [0.1, 0.15) is 49.9 Å². The van der Waals surface area contributed by atoms with Gasteiger partial charge in [-0.25, -0.2) is 0 Å². The Hall–Kier alpha value is -2.08. The van der Waals surface area contributed by atoms with Crippen LogP contribution in [0.15, 0.2) is 18.2 Å². The van der Waals surface area contributed by atoms with Gasteiger partial charge in [0.1, 0.15) is 0 Å². The monoisotopic (exact) mass is 378 g/mol. The number of carboxylic acids is 1. The molecule has 1 aromatic rings. The number of carbonyl (C=O) groups is 3. The highest BCUT2D eigenvalue weighted by Gasteiger charge is 2.65. The van der Waals surface area contributed by atoms with E-state index in [9.17, 15) is 19.5 Å². The Morgan fingerprint density at radius 2 is 1.81 bits per heavy atom. The van der Waals surface area contributed by atoms with Crippen LogP contribution in [0, 0.1) is 17.3 Å². The van der Waals surface area contributed by atoms with Crippen molar-refractivity contribution >= 4 is 35.1 Å². The topological polar surface area (TPSA) is 95.5 Å². The van der Waals surface area contributed by atoms with E-state index in [1.165, 1.54) is 6.07 Å². The van der Waals surface area contributed by atoms with Gasteiger partial charge in [0.2, 0.25) is 5.91 Å². The van der Waals surface area contributed by atoms with Gasteiger partial charge in [0.25, 0.3) is 5.91 Å². The van der Waals surface area contributed by atoms with Gasteiger partial charge in [-0.1, -0.05) is 38.3 Å². The minimum absolute atomic E-state index is 0.167. The third kappa shape index (κ3) is 3.56. The highest BCUT2D eigenvalue weighted by molar-refractivity contribution is 6.34. The summed E-state index contributed by atoms with van der Waals surface area (Å²) in [6.07, 6.45) is 4.15. The van der Waals surface area contributed by atoms with Gasteiger partial charge in [-0.2, -0.15) is 0 Å². The van der Waals surface area contributed by atoms with E-state index in [0.29, 0.717) is 16.3 Å². The first-order valence-corrected chi connectivity index (χ1v) is 9.23. The number of rotatable bonds is 5. The second kappa shape index (κ2) is 6.91. The van der Waals surface area contributed by atoms with Crippen molar-refractivity contribution in [1.29, 1.82) is 0 Å². The lowest BCUT2D eigenvalue weighted by Gasteiger charge is -2.14. The molecule has 2 atom stereocenters. The van der Waals surface area contributed by atoms with Crippen LogP contribution in [-0.4, -0.2) is 28.9 Å². The third-order valence-electron chi connectivity index (χ3n) is 5.54. The van der Waals surface area contributed by atoms with Gasteiger partial charge in [0.05, 0.1) is 22.4 Å². The van der Waals surface area contributed by atoms with Gasteiger partial charge in [0, 0.05) is 11.7 Å². The van der Waals surface area contributed by atoms with Crippen molar-refractivity contribution in [3.8, 4) is 0 Å². The maximum Gasteiger partial charge on any atom is 0.307 e. The summed E-state index contributed by atoms with van der Waals surface area (Å²) in [4.78, 5) is 36.2. The van der Waals surface area contributed by atoms with E-state index in [0.717, 1.165) is 25.7 Å². The molecule has 2 amide bonds. The van der Waals surface area contributed by atoms with Gasteiger partial charge in [-0.15, -0.1) is 0 Å². The number of benzene rings is 1. The lowest BCUT2D eigenvalue weighted by Crippen LogP contribution is -2.32. The fraction of sp³-hybridized carbons (Fsp3) is 0.526. The average Bonchev–Trinajstić information content (AvgIpc) is 2.90. The molecule has 0 bridgehead atoms.